The topological polar surface area (TPSA) is 3.24 Å². The molecule has 0 aromatic heterocycles. The maximum Gasteiger partial charge on any atom is 0.178 e. The Morgan fingerprint density at radius 2 is 1.73 bits per heavy atom. The number of anilines is 1. The van der Waals surface area contributed by atoms with E-state index in [4.69, 9.17) is 0 Å². The summed E-state index contributed by atoms with van der Waals surface area (Å²) in [6.45, 7) is 0.862. The SMILES string of the molecule is FC1(c2ccccc2)C=CC=CC1N1CCc2ccccc21. The van der Waals surface area contributed by atoms with E-state index < -0.39 is 5.67 Å². The standard InChI is InChI=1S/C20H18FN/c21-20(17-9-2-1-3-10-17)14-7-6-12-19(20)22-15-13-16-8-4-5-11-18(16)22/h1-12,14,19H,13,15H2. The zero-order chi connectivity index (χ0) is 15.0. The molecule has 1 heterocycles. The lowest BCUT2D eigenvalue weighted by Crippen LogP contribution is -2.46. The number of nitrogens with zero attached hydrogens (tertiary/aromatic N) is 1. The number of hydrogen-bond acceptors (Lipinski definition) is 1. The van der Waals surface area contributed by atoms with Crippen LogP contribution in [0.15, 0.2) is 78.9 Å². The molecule has 2 aromatic rings. The average Bonchev–Trinajstić information content (AvgIpc) is 3.00. The van der Waals surface area contributed by atoms with Crippen molar-refractivity contribution in [2.45, 2.75) is 18.1 Å². The van der Waals surface area contributed by atoms with E-state index in [0.29, 0.717) is 5.56 Å². The zero-order valence-electron chi connectivity index (χ0n) is 12.3. The molecule has 2 atom stereocenters. The van der Waals surface area contributed by atoms with Crippen LogP contribution in [0.4, 0.5) is 10.1 Å². The Morgan fingerprint density at radius 3 is 2.59 bits per heavy atom. The molecule has 1 aliphatic heterocycles. The first-order chi connectivity index (χ1) is 10.8. The highest BCUT2D eigenvalue weighted by Gasteiger charge is 2.43. The predicted molar refractivity (Wildman–Crippen MR) is 88.8 cm³/mol. The minimum atomic E-state index is -1.49. The molecule has 2 heteroatoms. The van der Waals surface area contributed by atoms with Crippen LogP contribution in [0, 0.1) is 0 Å². The Labute approximate surface area is 130 Å². The minimum absolute atomic E-state index is 0.302. The third-order valence-electron chi connectivity index (χ3n) is 4.65. The lowest BCUT2D eigenvalue weighted by Gasteiger charge is -2.39. The predicted octanol–water partition coefficient (Wildman–Crippen LogP) is 4.41. The summed E-state index contributed by atoms with van der Waals surface area (Å²) >= 11 is 0. The molecule has 0 spiro atoms. The Balaban J connectivity index is 1.78. The highest BCUT2D eigenvalue weighted by Crippen LogP contribution is 2.41. The lowest BCUT2D eigenvalue weighted by atomic mass is 9.84. The van der Waals surface area contributed by atoms with Gasteiger partial charge in [0, 0.05) is 12.2 Å². The molecule has 22 heavy (non-hydrogen) atoms. The summed E-state index contributed by atoms with van der Waals surface area (Å²) in [7, 11) is 0. The molecule has 0 N–H and O–H groups in total. The fourth-order valence-electron chi connectivity index (χ4n) is 3.55. The second kappa shape index (κ2) is 5.13. The van der Waals surface area contributed by atoms with E-state index in [0.717, 1.165) is 18.7 Å². The first kappa shape index (κ1) is 13.3. The van der Waals surface area contributed by atoms with Gasteiger partial charge in [-0.1, -0.05) is 66.8 Å². The number of halogens is 1. The average molecular weight is 291 g/mol. The molecule has 2 aliphatic rings. The van der Waals surface area contributed by atoms with Crippen LogP contribution in [-0.4, -0.2) is 12.6 Å². The van der Waals surface area contributed by atoms with Gasteiger partial charge in [-0.25, -0.2) is 4.39 Å². The van der Waals surface area contributed by atoms with E-state index in [1.807, 2.05) is 54.6 Å². The lowest BCUT2D eigenvalue weighted by molar-refractivity contribution is 0.203. The monoisotopic (exact) mass is 291 g/mol. The first-order valence-electron chi connectivity index (χ1n) is 7.74. The van der Waals surface area contributed by atoms with Gasteiger partial charge in [-0.2, -0.15) is 0 Å². The van der Waals surface area contributed by atoms with Crippen molar-refractivity contribution in [3.05, 3.63) is 90.0 Å². The molecule has 4 rings (SSSR count). The van der Waals surface area contributed by atoms with E-state index >= 15 is 4.39 Å². The summed E-state index contributed by atoms with van der Waals surface area (Å²) in [5.41, 5.74) is 1.68. The molecule has 1 aliphatic carbocycles. The molecule has 2 unspecified atom stereocenters. The number of alkyl halides is 1. The van der Waals surface area contributed by atoms with Crippen molar-refractivity contribution in [3.8, 4) is 0 Å². The number of allylic oxidation sites excluding steroid dienone is 2. The molecule has 0 fully saturated rings. The largest absolute Gasteiger partial charge is 0.361 e. The number of fused-ring (bicyclic) bond motifs is 1. The van der Waals surface area contributed by atoms with E-state index in [2.05, 4.69) is 23.1 Å². The van der Waals surface area contributed by atoms with Crippen LogP contribution in [0.25, 0.3) is 0 Å². The van der Waals surface area contributed by atoms with Crippen LogP contribution < -0.4 is 4.90 Å². The van der Waals surface area contributed by atoms with Crippen molar-refractivity contribution >= 4 is 5.69 Å². The number of hydrogen-bond donors (Lipinski definition) is 0. The van der Waals surface area contributed by atoms with E-state index in [-0.39, 0.29) is 6.04 Å². The third-order valence-corrected chi connectivity index (χ3v) is 4.65. The van der Waals surface area contributed by atoms with E-state index in [1.165, 1.54) is 5.56 Å². The summed E-state index contributed by atoms with van der Waals surface area (Å²) < 4.78 is 15.9. The molecule has 110 valence electrons. The van der Waals surface area contributed by atoms with Gasteiger partial charge < -0.3 is 4.90 Å². The Bertz CT molecular complexity index is 734. The van der Waals surface area contributed by atoms with Gasteiger partial charge in [0.1, 0.15) is 0 Å². The summed E-state index contributed by atoms with van der Waals surface area (Å²) in [6.07, 6.45) is 8.41. The van der Waals surface area contributed by atoms with Gasteiger partial charge in [0.15, 0.2) is 5.67 Å². The third kappa shape index (κ3) is 1.98. The molecular formula is C20H18FN. The summed E-state index contributed by atoms with van der Waals surface area (Å²) in [4.78, 5) is 2.20. The van der Waals surface area contributed by atoms with Gasteiger partial charge >= 0.3 is 0 Å². The first-order valence-corrected chi connectivity index (χ1v) is 7.74. The fraction of sp³-hybridized carbons (Fsp3) is 0.200. The highest BCUT2D eigenvalue weighted by atomic mass is 19.1. The van der Waals surface area contributed by atoms with Gasteiger partial charge in [-0.05, 0) is 29.7 Å². The molecule has 0 amide bonds. The molecule has 1 nitrogen and oxygen atoms in total. The molecule has 2 aromatic carbocycles. The van der Waals surface area contributed by atoms with Crippen molar-refractivity contribution in [2.24, 2.45) is 0 Å². The zero-order valence-corrected chi connectivity index (χ0v) is 12.3. The minimum Gasteiger partial charge on any atom is -0.361 e. The van der Waals surface area contributed by atoms with Crippen LogP contribution in [0.1, 0.15) is 11.1 Å². The number of para-hydroxylation sites is 1. The number of rotatable bonds is 2. The molecular weight excluding hydrogens is 273 g/mol. The van der Waals surface area contributed by atoms with Crippen molar-refractivity contribution < 1.29 is 4.39 Å². The van der Waals surface area contributed by atoms with Crippen LogP contribution >= 0.6 is 0 Å². The van der Waals surface area contributed by atoms with Crippen LogP contribution in [0.2, 0.25) is 0 Å². The maximum absolute atomic E-state index is 15.9. The van der Waals surface area contributed by atoms with Crippen molar-refractivity contribution in [2.75, 3.05) is 11.4 Å². The van der Waals surface area contributed by atoms with E-state index in [1.54, 1.807) is 6.08 Å². The summed E-state index contributed by atoms with van der Waals surface area (Å²) in [5.74, 6) is 0. The summed E-state index contributed by atoms with van der Waals surface area (Å²) in [6, 6.07) is 17.5. The Morgan fingerprint density at radius 1 is 0.955 bits per heavy atom. The Kier molecular flexibility index (Phi) is 3.11. The van der Waals surface area contributed by atoms with Gasteiger partial charge in [0.2, 0.25) is 0 Å². The smallest absolute Gasteiger partial charge is 0.178 e. The van der Waals surface area contributed by atoms with Gasteiger partial charge in [-0.15, -0.1) is 0 Å². The van der Waals surface area contributed by atoms with Gasteiger partial charge in [0.05, 0.1) is 6.04 Å². The second-order valence-corrected chi connectivity index (χ2v) is 5.90. The quantitative estimate of drug-likeness (QED) is 0.792. The molecule has 0 bridgehead atoms. The molecule has 0 saturated carbocycles. The van der Waals surface area contributed by atoms with Crippen LogP contribution in [0.5, 0.6) is 0 Å². The van der Waals surface area contributed by atoms with E-state index in [9.17, 15) is 0 Å². The maximum atomic E-state index is 15.9. The molecule has 0 saturated heterocycles. The molecule has 0 radical (unpaired) electrons. The Hall–Kier alpha value is -2.35. The highest BCUT2D eigenvalue weighted by molar-refractivity contribution is 5.61. The normalized spacial score (nSPS) is 26.2. The fourth-order valence-corrected chi connectivity index (χ4v) is 3.55. The van der Waals surface area contributed by atoms with Crippen molar-refractivity contribution in [1.29, 1.82) is 0 Å². The second-order valence-electron chi connectivity index (χ2n) is 5.90. The number of benzene rings is 2. The van der Waals surface area contributed by atoms with Gasteiger partial charge in [0.25, 0.3) is 0 Å². The summed E-state index contributed by atoms with van der Waals surface area (Å²) in [5, 5.41) is 0. The van der Waals surface area contributed by atoms with Gasteiger partial charge in [-0.3, -0.25) is 0 Å². The van der Waals surface area contributed by atoms with Crippen molar-refractivity contribution in [3.63, 3.8) is 0 Å². The van der Waals surface area contributed by atoms with Crippen LogP contribution in [0.3, 0.4) is 0 Å². The van der Waals surface area contributed by atoms with Crippen LogP contribution in [-0.2, 0) is 12.1 Å². The van der Waals surface area contributed by atoms with Crippen molar-refractivity contribution in [1.82, 2.24) is 0 Å².